The molecule has 0 aromatic heterocycles. The lowest BCUT2D eigenvalue weighted by Gasteiger charge is -2.23. The van der Waals surface area contributed by atoms with Crippen molar-refractivity contribution in [2.45, 2.75) is 25.4 Å². The van der Waals surface area contributed by atoms with Crippen molar-refractivity contribution >= 4 is 11.6 Å². The van der Waals surface area contributed by atoms with E-state index in [1.165, 1.54) is 17.0 Å². The Labute approximate surface area is 129 Å². The molecule has 1 atom stereocenters. The zero-order valence-electron chi connectivity index (χ0n) is 12.4. The van der Waals surface area contributed by atoms with Gasteiger partial charge in [0.25, 0.3) is 5.91 Å². The number of para-hydroxylation sites is 1. The van der Waals surface area contributed by atoms with Gasteiger partial charge in [-0.25, -0.2) is 4.39 Å². The van der Waals surface area contributed by atoms with E-state index >= 15 is 0 Å². The van der Waals surface area contributed by atoms with Crippen LogP contribution in [0.2, 0.25) is 0 Å². The molecular formula is C18H18FNO2. The van der Waals surface area contributed by atoms with Gasteiger partial charge < -0.3 is 10.0 Å². The van der Waals surface area contributed by atoms with Crippen LogP contribution < -0.4 is 4.90 Å². The number of fused-ring (bicyclic) bond motifs is 1. The molecule has 0 spiro atoms. The number of benzene rings is 2. The molecule has 1 aliphatic rings. The molecule has 0 bridgehead atoms. The van der Waals surface area contributed by atoms with Gasteiger partial charge in [0, 0.05) is 12.1 Å². The van der Waals surface area contributed by atoms with Crippen LogP contribution in [0.1, 0.15) is 30.9 Å². The van der Waals surface area contributed by atoms with Gasteiger partial charge in [0.1, 0.15) is 5.82 Å². The van der Waals surface area contributed by atoms with Gasteiger partial charge in [-0.3, -0.25) is 4.79 Å². The summed E-state index contributed by atoms with van der Waals surface area (Å²) in [7, 11) is 0. The highest BCUT2D eigenvalue weighted by Gasteiger charge is 2.51. The molecule has 1 heterocycles. The highest BCUT2D eigenvalue weighted by molar-refractivity contribution is 6.09. The topological polar surface area (TPSA) is 40.5 Å². The third-order valence-electron chi connectivity index (χ3n) is 4.13. The number of carbonyl (C=O) groups is 1. The lowest BCUT2D eigenvalue weighted by atomic mass is 9.87. The predicted molar refractivity (Wildman–Crippen MR) is 83.1 cm³/mol. The number of aliphatic hydroxyl groups is 1. The smallest absolute Gasteiger partial charge is 0.268 e. The molecular weight excluding hydrogens is 281 g/mol. The number of nitrogens with zero attached hydrogens (tertiary/aromatic N) is 1. The van der Waals surface area contributed by atoms with E-state index in [-0.39, 0.29) is 5.69 Å². The molecule has 0 saturated carbocycles. The van der Waals surface area contributed by atoms with Gasteiger partial charge in [-0.1, -0.05) is 55.8 Å². The first kappa shape index (κ1) is 14.7. The molecule has 0 saturated heterocycles. The van der Waals surface area contributed by atoms with Crippen LogP contribution in [0.25, 0.3) is 0 Å². The molecule has 1 amide bonds. The maximum Gasteiger partial charge on any atom is 0.268 e. The Hall–Kier alpha value is -2.20. The molecule has 3 rings (SSSR count). The van der Waals surface area contributed by atoms with Gasteiger partial charge >= 0.3 is 0 Å². The first-order valence-corrected chi connectivity index (χ1v) is 7.49. The maximum absolute atomic E-state index is 14.3. The van der Waals surface area contributed by atoms with Gasteiger partial charge in [0.2, 0.25) is 0 Å². The molecule has 114 valence electrons. The normalized spacial score (nSPS) is 20.3. The molecule has 2 aromatic rings. The van der Waals surface area contributed by atoms with Crippen molar-refractivity contribution in [3.8, 4) is 0 Å². The molecule has 2 aromatic carbocycles. The summed E-state index contributed by atoms with van der Waals surface area (Å²) in [4.78, 5) is 14.2. The van der Waals surface area contributed by atoms with Crippen LogP contribution in [0.15, 0.2) is 48.5 Å². The fourth-order valence-corrected chi connectivity index (χ4v) is 2.98. The van der Waals surface area contributed by atoms with E-state index in [1.807, 2.05) is 13.0 Å². The fourth-order valence-electron chi connectivity index (χ4n) is 2.98. The van der Waals surface area contributed by atoms with E-state index in [1.54, 1.807) is 30.3 Å². The minimum atomic E-state index is -1.81. The number of halogens is 1. The van der Waals surface area contributed by atoms with Crippen molar-refractivity contribution in [2.24, 2.45) is 0 Å². The number of carbonyl (C=O) groups excluding carboxylic acids is 1. The first-order chi connectivity index (χ1) is 10.6. The number of anilines is 1. The van der Waals surface area contributed by atoms with Crippen LogP contribution in [0.5, 0.6) is 0 Å². The summed E-state index contributed by atoms with van der Waals surface area (Å²) in [5, 5.41) is 11.1. The molecule has 0 fully saturated rings. The van der Waals surface area contributed by atoms with Gasteiger partial charge in [0.05, 0.1) is 5.69 Å². The van der Waals surface area contributed by atoms with Crippen molar-refractivity contribution in [3.63, 3.8) is 0 Å². The van der Waals surface area contributed by atoms with Crippen molar-refractivity contribution < 1.29 is 14.3 Å². The van der Waals surface area contributed by atoms with E-state index in [2.05, 4.69) is 0 Å². The Kier molecular flexibility index (Phi) is 3.71. The summed E-state index contributed by atoms with van der Waals surface area (Å²) >= 11 is 0. The lowest BCUT2D eigenvalue weighted by Crippen LogP contribution is -2.41. The largest absolute Gasteiger partial charge is 0.372 e. The number of rotatable bonds is 4. The van der Waals surface area contributed by atoms with E-state index in [9.17, 15) is 14.3 Å². The molecule has 4 heteroatoms. The quantitative estimate of drug-likeness (QED) is 0.941. The van der Waals surface area contributed by atoms with Crippen LogP contribution >= 0.6 is 0 Å². The first-order valence-electron chi connectivity index (χ1n) is 7.49. The van der Waals surface area contributed by atoms with E-state index < -0.39 is 17.3 Å². The standard InChI is InChI=1S/C18H18FNO2/c1-2-3-12-20-16-14(10-7-11-15(16)19)18(22,17(20)21)13-8-5-4-6-9-13/h4-11,22H,2-3,12H2,1H3. The zero-order chi connectivity index (χ0) is 15.7. The molecule has 3 nitrogen and oxygen atoms in total. The summed E-state index contributed by atoms with van der Waals surface area (Å²) in [5.74, 6) is -0.957. The highest BCUT2D eigenvalue weighted by atomic mass is 19.1. The second-order valence-electron chi connectivity index (χ2n) is 5.52. The maximum atomic E-state index is 14.3. The SMILES string of the molecule is CCCCN1C(=O)C(O)(c2ccccc2)c2cccc(F)c21. The number of hydrogen-bond donors (Lipinski definition) is 1. The van der Waals surface area contributed by atoms with E-state index in [4.69, 9.17) is 0 Å². The summed E-state index contributed by atoms with van der Waals surface area (Å²) in [6.45, 7) is 2.41. The average Bonchev–Trinajstić information content (AvgIpc) is 2.77. The van der Waals surface area contributed by atoms with E-state index in [0.29, 0.717) is 17.7 Å². The monoisotopic (exact) mass is 299 g/mol. The summed E-state index contributed by atoms with van der Waals surface area (Å²) in [6, 6.07) is 13.2. The lowest BCUT2D eigenvalue weighted by molar-refractivity contribution is -0.132. The highest BCUT2D eigenvalue weighted by Crippen LogP contribution is 2.45. The van der Waals surface area contributed by atoms with Gasteiger partial charge in [-0.15, -0.1) is 0 Å². The summed E-state index contributed by atoms with van der Waals surface area (Å²) in [5.41, 5.74) is -0.829. The Morgan fingerprint density at radius 1 is 1.14 bits per heavy atom. The molecule has 1 aliphatic heterocycles. The summed E-state index contributed by atoms with van der Waals surface area (Å²) < 4.78 is 14.3. The molecule has 1 unspecified atom stereocenters. The average molecular weight is 299 g/mol. The fraction of sp³-hybridized carbons (Fsp3) is 0.278. The molecule has 0 radical (unpaired) electrons. The minimum Gasteiger partial charge on any atom is -0.372 e. The van der Waals surface area contributed by atoms with Crippen LogP contribution in [0, 0.1) is 5.82 Å². The second kappa shape index (κ2) is 5.54. The van der Waals surface area contributed by atoms with Crippen LogP contribution in [-0.4, -0.2) is 17.6 Å². The van der Waals surface area contributed by atoms with E-state index in [0.717, 1.165) is 12.8 Å². The second-order valence-corrected chi connectivity index (χ2v) is 5.52. The Morgan fingerprint density at radius 2 is 1.86 bits per heavy atom. The van der Waals surface area contributed by atoms with Crippen LogP contribution in [-0.2, 0) is 10.4 Å². The van der Waals surface area contributed by atoms with Crippen molar-refractivity contribution in [2.75, 3.05) is 11.4 Å². The van der Waals surface area contributed by atoms with Crippen molar-refractivity contribution in [3.05, 3.63) is 65.5 Å². The zero-order valence-corrected chi connectivity index (χ0v) is 12.4. The third-order valence-corrected chi connectivity index (χ3v) is 4.13. The van der Waals surface area contributed by atoms with Gasteiger partial charge in [-0.05, 0) is 18.1 Å². The third kappa shape index (κ3) is 2.03. The predicted octanol–water partition coefficient (Wildman–Crippen LogP) is 3.21. The number of unbranched alkanes of at least 4 members (excludes halogenated alkanes) is 1. The minimum absolute atomic E-state index is 0.201. The van der Waals surface area contributed by atoms with Crippen LogP contribution in [0.4, 0.5) is 10.1 Å². The Morgan fingerprint density at radius 3 is 2.55 bits per heavy atom. The van der Waals surface area contributed by atoms with Crippen molar-refractivity contribution in [1.82, 2.24) is 0 Å². The Balaban J connectivity index is 2.18. The molecule has 22 heavy (non-hydrogen) atoms. The number of hydrogen-bond acceptors (Lipinski definition) is 2. The van der Waals surface area contributed by atoms with Gasteiger partial charge in [-0.2, -0.15) is 0 Å². The summed E-state index contributed by atoms with van der Waals surface area (Å²) in [6.07, 6.45) is 1.64. The van der Waals surface area contributed by atoms with Crippen LogP contribution in [0.3, 0.4) is 0 Å². The molecule has 0 aliphatic carbocycles. The number of amides is 1. The van der Waals surface area contributed by atoms with Crippen molar-refractivity contribution in [1.29, 1.82) is 0 Å². The molecule has 1 N–H and O–H groups in total. The Bertz CT molecular complexity index is 701. The van der Waals surface area contributed by atoms with Gasteiger partial charge in [0.15, 0.2) is 5.60 Å².